The molecule has 0 aromatic carbocycles. The minimum atomic E-state index is -0.376. The molecule has 0 saturated carbocycles. The largest absolute Gasteiger partial charge is 0.327 e. The minimum Gasteiger partial charge on any atom is -0.327 e. The van der Waals surface area contributed by atoms with Crippen molar-refractivity contribution in [2.24, 2.45) is 17.5 Å². The van der Waals surface area contributed by atoms with Crippen LogP contribution in [0.3, 0.4) is 0 Å². The number of nitrogens with zero attached hydrogens (tertiary/aromatic N) is 1. The first kappa shape index (κ1) is 21.1. The summed E-state index contributed by atoms with van der Waals surface area (Å²) in [6.07, 6.45) is 11.7. The van der Waals surface area contributed by atoms with Crippen molar-refractivity contribution >= 4 is 5.91 Å². The van der Waals surface area contributed by atoms with Crippen molar-refractivity contribution in [3.63, 3.8) is 0 Å². The van der Waals surface area contributed by atoms with Gasteiger partial charge in [0, 0.05) is 6.04 Å². The lowest BCUT2D eigenvalue weighted by Crippen LogP contribution is -2.55. The van der Waals surface area contributed by atoms with Gasteiger partial charge in [-0.05, 0) is 52.9 Å². The third kappa shape index (κ3) is 7.95. The highest BCUT2D eigenvalue weighted by Gasteiger charge is 2.32. The van der Waals surface area contributed by atoms with Crippen LogP contribution in [0.5, 0.6) is 0 Å². The van der Waals surface area contributed by atoms with Crippen LogP contribution >= 0.6 is 0 Å². The molecule has 0 rings (SSSR count). The molecule has 22 heavy (non-hydrogen) atoms. The van der Waals surface area contributed by atoms with Gasteiger partial charge in [0.05, 0.1) is 11.5 Å². The molecule has 130 valence electrons. The van der Waals surface area contributed by atoms with E-state index in [0.29, 0.717) is 0 Å². The zero-order valence-electron chi connectivity index (χ0n) is 15.3. The molecule has 2 unspecified atom stereocenters. The molecule has 0 bridgehead atoms. The molecule has 0 spiro atoms. The van der Waals surface area contributed by atoms with E-state index in [1.54, 1.807) is 0 Å². The molecule has 4 nitrogen and oxygen atoms in total. The van der Waals surface area contributed by atoms with Crippen LogP contribution in [0.2, 0.25) is 0 Å². The second-order valence-electron chi connectivity index (χ2n) is 7.10. The Bertz CT molecular complexity index is 334. The first-order valence-corrected chi connectivity index (χ1v) is 8.75. The van der Waals surface area contributed by atoms with E-state index in [1.165, 1.54) is 24.3 Å². The van der Waals surface area contributed by atoms with Gasteiger partial charge in [-0.15, -0.1) is 0 Å². The molecule has 0 aromatic rings. The van der Waals surface area contributed by atoms with Crippen LogP contribution in [-0.2, 0) is 4.79 Å². The SMILES string of the molecule is CCCCC/C=C\CCC(C(=O)N(N)C(C)(C)C)C(N)CC. The highest BCUT2D eigenvalue weighted by Crippen LogP contribution is 2.20. The summed E-state index contributed by atoms with van der Waals surface area (Å²) in [6, 6.07) is -0.130. The summed E-state index contributed by atoms with van der Waals surface area (Å²) in [6.45, 7) is 10.0. The molecule has 0 saturated heterocycles. The quantitative estimate of drug-likeness (QED) is 0.212. The average Bonchev–Trinajstić information content (AvgIpc) is 2.47. The zero-order valence-corrected chi connectivity index (χ0v) is 15.3. The van der Waals surface area contributed by atoms with E-state index in [1.807, 2.05) is 27.7 Å². The Balaban J connectivity index is 4.51. The van der Waals surface area contributed by atoms with Gasteiger partial charge < -0.3 is 5.73 Å². The van der Waals surface area contributed by atoms with E-state index < -0.39 is 0 Å². The Hall–Kier alpha value is -0.870. The molecular weight excluding hydrogens is 274 g/mol. The van der Waals surface area contributed by atoms with E-state index in [2.05, 4.69) is 19.1 Å². The summed E-state index contributed by atoms with van der Waals surface area (Å²) >= 11 is 0. The molecule has 0 aliphatic heterocycles. The van der Waals surface area contributed by atoms with Crippen LogP contribution in [-0.4, -0.2) is 22.5 Å². The average molecular weight is 312 g/mol. The van der Waals surface area contributed by atoms with Crippen molar-refractivity contribution in [2.75, 3.05) is 0 Å². The number of hydrogen-bond donors (Lipinski definition) is 2. The number of hydrogen-bond acceptors (Lipinski definition) is 3. The lowest BCUT2D eigenvalue weighted by atomic mass is 9.90. The van der Waals surface area contributed by atoms with Gasteiger partial charge >= 0.3 is 0 Å². The van der Waals surface area contributed by atoms with Gasteiger partial charge in [0.1, 0.15) is 0 Å². The Morgan fingerprint density at radius 3 is 2.23 bits per heavy atom. The van der Waals surface area contributed by atoms with E-state index in [4.69, 9.17) is 11.6 Å². The van der Waals surface area contributed by atoms with E-state index >= 15 is 0 Å². The van der Waals surface area contributed by atoms with Gasteiger partial charge in [-0.25, -0.2) is 5.84 Å². The van der Waals surface area contributed by atoms with Crippen molar-refractivity contribution in [2.45, 2.75) is 91.1 Å². The number of hydrazine groups is 1. The molecule has 0 aliphatic rings. The Morgan fingerprint density at radius 1 is 1.14 bits per heavy atom. The fourth-order valence-electron chi connectivity index (χ4n) is 2.34. The molecule has 0 radical (unpaired) electrons. The van der Waals surface area contributed by atoms with Crippen LogP contribution in [0.4, 0.5) is 0 Å². The molecule has 0 heterocycles. The summed E-state index contributed by atoms with van der Waals surface area (Å²) in [4.78, 5) is 12.6. The van der Waals surface area contributed by atoms with Crippen molar-refractivity contribution in [3.05, 3.63) is 12.2 Å². The molecule has 0 aromatic heterocycles. The van der Waals surface area contributed by atoms with Gasteiger partial charge in [0.15, 0.2) is 0 Å². The van der Waals surface area contributed by atoms with Crippen molar-refractivity contribution < 1.29 is 4.79 Å². The Morgan fingerprint density at radius 2 is 1.73 bits per heavy atom. The van der Waals surface area contributed by atoms with Crippen molar-refractivity contribution in [3.8, 4) is 0 Å². The van der Waals surface area contributed by atoms with E-state index in [0.717, 1.165) is 25.7 Å². The van der Waals surface area contributed by atoms with Gasteiger partial charge in [0.2, 0.25) is 5.91 Å². The fourth-order valence-corrected chi connectivity index (χ4v) is 2.34. The minimum absolute atomic E-state index is 0.0405. The summed E-state index contributed by atoms with van der Waals surface area (Å²) in [5, 5.41) is 1.35. The highest BCUT2D eigenvalue weighted by molar-refractivity contribution is 5.79. The Labute approximate surface area is 137 Å². The number of rotatable bonds is 10. The standard InChI is InChI=1S/C18H37N3O/c1-6-8-9-10-11-12-13-14-15(16(19)7-2)17(22)21(20)18(3,4)5/h11-12,15-16H,6-10,13-14,19-20H2,1-5H3/b12-11-. The third-order valence-corrected chi connectivity index (χ3v) is 4.05. The summed E-state index contributed by atoms with van der Waals surface area (Å²) in [5.41, 5.74) is 5.78. The van der Waals surface area contributed by atoms with Gasteiger partial charge in [-0.3, -0.25) is 9.80 Å². The van der Waals surface area contributed by atoms with Crippen molar-refractivity contribution in [1.29, 1.82) is 0 Å². The molecule has 2 atom stereocenters. The number of allylic oxidation sites excluding steroid dienone is 2. The molecule has 1 amide bonds. The number of carbonyl (C=O) groups excluding carboxylic acids is 1. The number of nitrogens with two attached hydrogens (primary N) is 2. The van der Waals surface area contributed by atoms with Gasteiger partial charge in [0.25, 0.3) is 0 Å². The second kappa shape index (κ2) is 10.8. The zero-order chi connectivity index (χ0) is 17.2. The topological polar surface area (TPSA) is 72.3 Å². The molecule has 4 N–H and O–H groups in total. The van der Waals surface area contributed by atoms with Crippen LogP contribution in [0.15, 0.2) is 12.2 Å². The smallest absolute Gasteiger partial charge is 0.241 e. The predicted octanol–water partition coefficient (Wildman–Crippen LogP) is 3.76. The summed E-state index contributed by atoms with van der Waals surface area (Å²) in [7, 11) is 0. The number of amides is 1. The van der Waals surface area contributed by atoms with Crippen LogP contribution < -0.4 is 11.6 Å². The van der Waals surface area contributed by atoms with Crippen LogP contribution in [0.1, 0.15) is 79.6 Å². The van der Waals surface area contributed by atoms with Gasteiger partial charge in [-0.2, -0.15) is 0 Å². The second-order valence-corrected chi connectivity index (χ2v) is 7.10. The molecule has 0 fully saturated rings. The van der Waals surface area contributed by atoms with E-state index in [-0.39, 0.29) is 23.4 Å². The van der Waals surface area contributed by atoms with Gasteiger partial charge in [-0.1, -0.05) is 38.8 Å². The third-order valence-electron chi connectivity index (χ3n) is 4.05. The maximum Gasteiger partial charge on any atom is 0.241 e. The van der Waals surface area contributed by atoms with Crippen LogP contribution in [0, 0.1) is 5.92 Å². The van der Waals surface area contributed by atoms with Crippen LogP contribution in [0.25, 0.3) is 0 Å². The normalized spacial score (nSPS) is 15.0. The maximum atomic E-state index is 12.6. The Kier molecular flexibility index (Phi) is 10.4. The summed E-state index contributed by atoms with van der Waals surface area (Å²) in [5.74, 6) is 5.74. The molecule has 4 heteroatoms. The molecule has 0 aliphatic carbocycles. The first-order chi connectivity index (χ1) is 10.3. The monoisotopic (exact) mass is 311 g/mol. The summed E-state index contributed by atoms with van der Waals surface area (Å²) < 4.78 is 0. The van der Waals surface area contributed by atoms with Crippen molar-refractivity contribution in [1.82, 2.24) is 5.01 Å². The lowest BCUT2D eigenvalue weighted by molar-refractivity contribution is -0.141. The number of carbonyl (C=O) groups is 1. The highest BCUT2D eigenvalue weighted by atomic mass is 16.2. The maximum absolute atomic E-state index is 12.6. The first-order valence-electron chi connectivity index (χ1n) is 8.75. The lowest BCUT2D eigenvalue weighted by Gasteiger charge is -2.35. The molecular formula is C18H37N3O. The fraction of sp³-hybridized carbons (Fsp3) is 0.833. The van der Waals surface area contributed by atoms with E-state index in [9.17, 15) is 4.79 Å². The number of unbranched alkanes of at least 4 members (excludes halogenated alkanes) is 3. The predicted molar refractivity (Wildman–Crippen MR) is 95.1 cm³/mol.